The van der Waals surface area contributed by atoms with Gasteiger partial charge in [0.1, 0.15) is 27.9 Å². The summed E-state index contributed by atoms with van der Waals surface area (Å²) in [6.07, 6.45) is 1.45. The SMILES string of the molecule is Cc1cc(OCCCS(C)(=O)=O)c(F)c(C)c1-c1cccc(COc2ccc3c(c2)OC[C@H]3C(C)C(=O)O)c1. The molecule has 7 nitrogen and oxygen atoms in total. The molecule has 0 bridgehead atoms. The third kappa shape index (κ3) is 6.71. The smallest absolute Gasteiger partial charge is 0.306 e. The molecule has 39 heavy (non-hydrogen) atoms. The summed E-state index contributed by atoms with van der Waals surface area (Å²) in [6, 6.07) is 14.8. The third-order valence-corrected chi connectivity index (χ3v) is 8.03. The van der Waals surface area contributed by atoms with Gasteiger partial charge in [-0.3, -0.25) is 4.79 Å². The Bertz CT molecular complexity index is 1480. The lowest BCUT2D eigenvalue weighted by Gasteiger charge is -2.16. The van der Waals surface area contributed by atoms with Gasteiger partial charge in [0.15, 0.2) is 11.6 Å². The number of rotatable bonds is 11. The van der Waals surface area contributed by atoms with Crippen LogP contribution in [0.4, 0.5) is 4.39 Å². The molecule has 0 radical (unpaired) electrons. The average molecular weight is 557 g/mol. The minimum Gasteiger partial charge on any atom is -0.492 e. The first kappa shape index (κ1) is 28.4. The largest absolute Gasteiger partial charge is 0.492 e. The molecular weight excluding hydrogens is 523 g/mol. The van der Waals surface area contributed by atoms with Crippen molar-refractivity contribution >= 4 is 15.8 Å². The highest BCUT2D eigenvalue weighted by Gasteiger charge is 2.33. The Morgan fingerprint density at radius 1 is 1.15 bits per heavy atom. The molecule has 1 unspecified atom stereocenters. The van der Waals surface area contributed by atoms with E-state index in [9.17, 15) is 18.3 Å². The molecule has 0 aliphatic carbocycles. The first-order valence-corrected chi connectivity index (χ1v) is 14.8. The summed E-state index contributed by atoms with van der Waals surface area (Å²) < 4.78 is 55.1. The normalized spacial score (nSPS) is 15.4. The van der Waals surface area contributed by atoms with Crippen molar-refractivity contribution in [3.8, 4) is 28.4 Å². The predicted octanol–water partition coefficient (Wildman–Crippen LogP) is 5.70. The molecule has 208 valence electrons. The Morgan fingerprint density at radius 2 is 1.92 bits per heavy atom. The summed E-state index contributed by atoms with van der Waals surface area (Å²) in [5.41, 5.74) is 4.67. The van der Waals surface area contributed by atoms with E-state index in [1.165, 1.54) is 0 Å². The summed E-state index contributed by atoms with van der Waals surface area (Å²) in [5, 5.41) is 9.34. The summed E-state index contributed by atoms with van der Waals surface area (Å²) in [7, 11) is -3.10. The Labute approximate surface area is 228 Å². The Balaban J connectivity index is 1.46. The number of benzene rings is 3. The minimum absolute atomic E-state index is 0.0115. The molecule has 4 rings (SSSR count). The number of fused-ring (bicyclic) bond motifs is 1. The van der Waals surface area contributed by atoms with Crippen molar-refractivity contribution in [3.05, 3.63) is 76.6 Å². The van der Waals surface area contributed by atoms with Crippen LogP contribution in [0.1, 0.15) is 41.5 Å². The van der Waals surface area contributed by atoms with Crippen molar-refractivity contribution < 1.29 is 36.9 Å². The van der Waals surface area contributed by atoms with E-state index in [1.807, 2.05) is 43.3 Å². The van der Waals surface area contributed by atoms with Crippen LogP contribution in [-0.2, 0) is 21.2 Å². The molecule has 0 saturated heterocycles. The summed E-state index contributed by atoms with van der Waals surface area (Å²) in [6.45, 7) is 5.99. The third-order valence-electron chi connectivity index (χ3n) is 7.00. The van der Waals surface area contributed by atoms with Crippen LogP contribution < -0.4 is 14.2 Å². The van der Waals surface area contributed by atoms with E-state index in [-0.39, 0.29) is 30.6 Å². The van der Waals surface area contributed by atoms with Crippen LogP contribution in [0.25, 0.3) is 11.1 Å². The predicted molar refractivity (Wildman–Crippen MR) is 147 cm³/mol. The monoisotopic (exact) mass is 556 g/mol. The van der Waals surface area contributed by atoms with Gasteiger partial charge >= 0.3 is 5.97 Å². The fourth-order valence-electron chi connectivity index (χ4n) is 4.85. The minimum atomic E-state index is -3.10. The highest BCUT2D eigenvalue weighted by molar-refractivity contribution is 7.90. The lowest BCUT2D eigenvalue weighted by molar-refractivity contribution is -0.142. The summed E-state index contributed by atoms with van der Waals surface area (Å²) in [5.74, 6) is -0.710. The van der Waals surface area contributed by atoms with Crippen molar-refractivity contribution in [1.82, 2.24) is 0 Å². The first-order valence-electron chi connectivity index (χ1n) is 12.8. The molecule has 0 saturated carbocycles. The summed E-state index contributed by atoms with van der Waals surface area (Å²) in [4.78, 5) is 11.4. The number of aliphatic carboxylic acids is 1. The van der Waals surface area contributed by atoms with Crippen molar-refractivity contribution in [2.24, 2.45) is 5.92 Å². The molecule has 1 N–H and O–H groups in total. The molecule has 0 spiro atoms. The van der Waals surface area contributed by atoms with Gasteiger partial charge < -0.3 is 19.3 Å². The van der Waals surface area contributed by atoms with Gasteiger partial charge in [0, 0.05) is 23.8 Å². The highest BCUT2D eigenvalue weighted by Crippen LogP contribution is 2.40. The molecule has 0 amide bonds. The number of carboxylic acids is 1. The fourth-order valence-corrected chi connectivity index (χ4v) is 5.49. The first-order chi connectivity index (χ1) is 18.4. The zero-order valence-electron chi connectivity index (χ0n) is 22.5. The maximum Gasteiger partial charge on any atom is 0.306 e. The van der Waals surface area contributed by atoms with Gasteiger partial charge in [-0.2, -0.15) is 0 Å². The Kier molecular flexibility index (Phi) is 8.49. The Morgan fingerprint density at radius 3 is 2.64 bits per heavy atom. The molecule has 1 aliphatic heterocycles. The van der Waals surface area contributed by atoms with Gasteiger partial charge in [-0.05, 0) is 66.3 Å². The van der Waals surface area contributed by atoms with Gasteiger partial charge in [-0.15, -0.1) is 0 Å². The number of carbonyl (C=O) groups is 1. The topological polar surface area (TPSA) is 99.1 Å². The van der Waals surface area contributed by atoms with E-state index in [1.54, 1.807) is 26.0 Å². The van der Waals surface area contributed by atoms with Crippen LogP contribution in [0.2, 0.25) is 0 Å². The maximum absolute atomic E-state index is 15.2. The lowest BCUT2D eigenvalue weighted by atomic mass is 9.89. The zero-order chi connectivity index (χ0) is 28.3. The van der Waals surface area contributed by atoms with Crippen LogP contribution in [0.3, 0.4) is 0 Å². The van der Waals surface area contributed by atoms with E-state index in [2.05, 4.69) is 0 Å². The van der Waals surface area contributed by atoms with E-state index < -0.39 is 27.5 Å². The number of hydrogen-bond donors (Lipinski definition) is 1. The molecule has 2 atom stereocenters. The maximum atomic E-state index is 15.2. The van der Waals surface area contributed by atoms with Crippen molar-refractivity contribution in [3.63, 3.8) is 0 Å². The van der Waals surface area contributed by atoms with E-state index in [4.69, 9.17) is 14.2 Å². The van der Waals surface area contributed by atoms with Gasteiger partial charge in [0.25, 0.3) is 0 Å². The van der Waals surface area contributed by atoms with Crippen molar-refractivity contribution in [2.45, 2.75) is 39.7 Å². The van der Waals surface area contributed by atoms with Crippen LogP contribution in [0.15, 0.2) is 48.5 Å². The van der Waals surface area contributed by atoms with Gasteiger partial charge in [-0.25, -0.2) is 12.8 Å². The molecule has 0 fully saturated rings. The number of aryl methyl sites for hydroxylation is 1. The average Bonchev–Trinajstić information content (AvgIpc) is 3.30. The second kappa shape index (κ2) is 11.7. The number of halogens is 1. The van der Waals surface area contributed by atoms with Crippen LogP contribution >= 0.6 is 0 Å². The quantitative estimate of drug-likeness (QED) is 0.303. The fraction of sp³-hybridized carbons (Fsp3) is 0.367. The number of ether oxygens (including phenoxy) is 3. The van der Waals surface area contributed by atoms with E-state index in [0.717, 1.165) is 34.1 Å². The number of sulfone groups is 1. The molecule has 3 aromatic carbocycles. The molecule has 3 aromatic rings. The van der Waals surface area contributed by atoms with Crippen molar-refractivity contribution in [2.75, 3.05) is 25.2 Å². The van der Waals surface area contributed by atoms with Crippen LogP contribution in [0.5, 0.6) is 17.2 Å². The second-order valence-electron chi connectivity index (χ2n) is 10.1. The lowest BCUT2D eigenvalue weighted by Crippen LogP contribution is -2.19. The van der Waals surface area contributed by atoms with Gasteiger partial charge in [-0.1, -0.05) is 31.2 Å². The second-order valence-corrected chi connectivity index (χ2v) is 12.3. The standard InChI is InChI=1S/C30H33FO7S/c1-18-13-27(36-11-6-12-39(4,34)35)29(31)20(3)28(18)22-8-5-7-21(14-22)16-37-23-9-10-24-25(19(2)30(32)33)17-38-26(24)15-23/h5,7-10,13-15,19,25H,6,11-12,16-17H2,1-4H3,(H,32,33)/t19?,25-/m0/s1. The van der Waals surface area contributed by atoms with Crippen molar-refractivity contribution in [1.29, 1.82) is 0 Å². The molecule has 0 aromatic heterocycles. The molecule has 9 heteroatoms. The van der Waals surface area contributed by atoms with E-state index in [0.29, 0.717) is 30.1 Å². The number of carboxylic acid groups (broad SMARTS) is 1. The molecule has 1 heterocycles. The summed E-state index contributed by atoms with van der Waals surface area (Å²) >= 11 is 0. The molecule has 1 aliphatic rings. The zero-order valence-corrected chi connectivity index (χ0v) is 23.3. The van der Waals surface area contributed by atoms with Gasteiger partial charge in [0.2, 0.25) is 0 Å². The van der Waals surface area contributed by atoms with E-state index >= 15 is 4.39 Å². The Hall–Kier alpha value is -3.59. The number of hydrogen-bond acceptors (Lipinski definition) is 6. The van der Waals surface area contributed by atoms with Crippen LogP contribution in [0, 0.1) is 25.6 Å². The van der Waals surface area contributed by atoms with Gasteiger partial charge in [0.05, 0.1) is 24.9 Å². The highest BCUT2D eigenvalue weighted by atomic mass is 32.2. The van der Waals surface area contributed by atoms with Crippen LogP contribution in [-0.4, -0.2) is 44.7 Å². The molecular formula is C30H33FO7S.